The second-order valence-electron chi connectivity index (χ2n) is 3.45. The number of rotatable bonds is 4. The Morgan fingerprint density at radius 3 is 2.72 bits per heavy atom. The van der Waals surface area contributed by atoms with Gasteiger partial charge in [0.05, 0.1) is 0 Å². The zero-order valence-electron chi connectivity index (χ0n) is 9.02. The monoisotopic (exact) mass is 270 g/mol. The first-order valence-electron chi connectivity index (χ1n) is 4.96. The van der Waals surface area contributed by atoms with Crippen molar-refractivity contribution in [3.8, 4) is 0 Å². The van der Waals surface area contributed by atoms with E-state index in [4.69, 9.17) is 9.52 Å². The Balaban J connectivity index is 2.06. The number of hydrogen-bond donors (Lipinski definition) is 1. The summed E-state index contributed by atoms with van der Waals surface area (Å²) in [4.78, 5) is 10.6. The second kappa shape index (κ2) is 5.22. The second-order valence-corrected chi connectivity index (χ2v) is 4.43. The quantitative estimate of drug-likeness (QED) is 0.863. The van der Waals surface area contributed by atoms with Crippen LogP contribution in [0.4, 0.5) is 8.78 Å². The Hall–Kier alpha value is -1.82. The van der Waals surface area contributed by atoms with E-state index in [1.807, 2.05) is 0 Å². The molecule has 0 radical (unpaired) electrons. The molecule has 2 rings (SSSR count). The summed E-state index contributed by atoms with van der Waals surface area (Å²) in [5.74, 6) is -2.21. The molecule has 1 aromatic carbocycles. The first-order valence-corrected chi connectivity index (χ1v) is 5.94. The fourth-order valence-electron chi connectivity index (χ4n) is 1.32. The molecule has 0 bridgehead atoms. The molecule has 0 aliphatic carbocycles. The summed E-state index contributed by atoms with van der Waals surface area (Å²) in [6.07, 6.45) is 0. The third-order valence-corrected chi connectivity index (χ3v) is 3.13. The van der Waals surface area contributed by atoms with Crippen LogP contribution in [0.2, 0.25) is 0 Å². The summed E-state index contributed by atoms with van der Waals surface area (Å²) in [5.41, 5.74) is 0.202. The Labute approximate surface area is 105 Å². The largest absolute Gasteiger partial charge is 0.475 e. The van der Waals surface area contributed by atoms with Crippen LogP contribution in [0.25, 0.3) is 0 Å². The maximum absolute atomic E-state index is 13.3. The highest BCUT2D eigenvalue weighted by atomic mass is 32.2. The van der Waals surface area contributed by atoms with E-state index in [1.54, 1.807) is 0 Å². The summed E-state index contributed by atoms with van der Waals surface area (Å²) in [6.45, 7) is 0. The van der Waals surface area contributed by atoms with Gasteiger partial charge in [0, 0.05) is 11.3 Å². The number of carboxylic acid groups (broad SMARTS) is 1. The van der Waals surface area contributed by atoms with Crippen molar-refractivity contribution < 1.29 is 23.1 Å². The van der Waals surface area contributed by atoms with Gasteiger partial charge in [0.25, 0.3) is 0 Å². The van der Waals surface area contributed by atoms with Crippen molar-refractivity contribution in [2.45, 2.75) is 10.8 Å². The number of aromatic carboxylic acids is 1. The molecule has 18 heavy (non-hydrogen) atoms. The standard InChI is InChI=1S/C12H8F2O3S/c13-8-1-2-9(14)7(5-8)6-18-11-4-3-10(17-11)12(15)16/h1-5H,6H2,(H,15,16). The molecule has 0 unspecified atom stereocenters. The molecule has 0 amide bonds. The molecule has 94 valence electrons. The fraction of sp³-hybridized carbons (Fsp3) is 0.0833. The number of halogens is 2. The average molecular weight is 270 g/mol. The van der Waals surface area contributed by atoms with Crippen LogP contribution in [-0.4, -0.2) is 11.1 Å². The minimum Gasteiger partial charge on any atom is -0.475 e. The smallest absolute Gasteiger partial charge is 0.371 e. The van der Waals surface area contributed by atoms with Crippen LogP contribution in [-0.2, 0) is 5.75 Å². The van der Waals surface area contributed by atoms with Gasteiger partial charge in [-0.25, -0.2) is 13.6 Å². The highest BCUT2D eigenvalue weighted by Gasteiger charge is 2.10. The van der Waals surface area contributed by atoms with Gasteiger partial charge in [-0.1, -0.05) is 11.8 Å². The SMILES string of the molecule is O=C(O)c1ccc(SCc2cc(F)ccc2F)o1. The number of furan rings is 1. The van der Waals surface area contributed by atoms with E-state index in [0.717, 1.165) is 30.0 Å². The van der Waals surface area contributed by atoms with Crippen molar-refractivity contribution >= 4 is 17.7 Å². The molecule has 0 aliphatic heterocycles. The maximum atomic E-state index is 13.3. The third kappa shape index (κ3) is 2.89. The van der Waals surface area contributed by atoms with E-state index in [2.05, 4.69) is 0 Å². The average Bonchev–Trinajstić information content (AvgIpc) is 2.79. The highest BCUT2D eigenvalue weighted by molar-refractivity contribution is 7.98. The Morgan fingerprint density at radius 2 is 2.06 bits per heavy atom. The normalized spacial score (nSPS) is 10.6. The molecule has 1 heterocycles. The molecule has 2 aromatic rings. The molecule has 6 heteroatoms. The van der Waals surface area contributed by atoms with Gasteiger partial charge in [0.15, 0.2) is 5.09 Å². The van der Waals surface area contributed by atoms with E-state index >= 15 is 0 Å². The molecule has 0 spiro atoms. The molecule has 0 aliphatic rings. The van der Waals surface area contributed by atoms with Crippen LogP contribution >= 0.6 is 11.8 Å². The van der Waals surface area contributed by atoms with Crippen LogP contribution in [0.5, 0.6) is 0 Å². The zero-order valence-corrected chi connectivity index (χ0v) is 9.84. The van der Waals surface area contributed by atoms with Crippen LogP contribution in [0, 0.1) is 11.6 Å². The predicted molar refractivity (Wildman–Crippen MR) is 61.6 cm³/mol. The predicted octanol–water partition coefficient (Wildman–Crippen LogP) is 3.55. The van der Waals surface area contributed by atoms with Crippen LogP contribution < -0.4 is 0 Å². The van der Waals surface area contributed by atoms with Gasteiger partial charge in [0.2, 0.25) is 5.76 Å². The van der Waals surface area contributed by atoms with Crippen molar-refractivity contribution in [1.82, 2.24) is 0 Å². The molecule has 0 saturated carbocycles. The van der Waals surface area contributed by atoms with Crippen LogP contribution in [0.3, 0.4) is 0 Å². The number of thioether (sulfide) groups is 1. The van der Waals surface area contributed by atoms with Gasteiger partial charge in [-0.05, 0) is 30.3 Å². The van der Waals surface area contributed by atoms with Gasteiger partial charge in [-0.2, -0.15) is 0 Å². The summed E-state index contributed by atoms with van der Waals surface area (Å²) >= 11 is 1.10. The van der Waals surface area contributed by atoms with Crippen molar-refractivity contribution in [2.24, 2.45) is 0 Å². The Kier molecular flexibility index (Phi) is 3.66. The molecule has 0 saturated heterocycles. The molecular weight excluding hydrogens is 262 g/mol. The van der Waals surface area contributed by atoms with Gasteiger partial charge >= 0.3 is 5.97 Å². The summed E-state index contributed by atoms with van der Waals surface area (Å²) in [7, 11) is 0. The summed E-state index contributed by atoms with van der Waals surface area (Å²) in [6, 6.07) is 5.98. The molecule has 1 N–H and O–H groups in total. The van der Waals surface area contributed by atoms with Crippen molar-refractivity contribution in [3.05, 3.63) is 53.3 Å². The van der Waals surface area contributed by atoms with E-state index in [1.165, 1.54) is 12.1 Å². The molecule has 3 nitrogen and oxygen atoms in total. The maximum Gasteiger partial charge on any atom is 0.371 e. The summed E-state index contributed by atoms with van der Waals surface area (Å²) in [5, 5.41) is 8.99. The zero-order chi connectivity index (χ0) is 13.1. The minimum atomic E-state index is -1.17. The lowest BCUT2D eigenvalue weighted by atomic mass is 10.2. The Morgan fingerprint density at radius 1 is 1.28 bits per heavy atom. The number of carbonyl (C=O) groups is 1. The number of hydrogen-bond acceptors (Lipinski definition) is 3. The summed E-state index contributed by atoms with van der Waals surface area (Å²) < 4.78 is 31.2. The van der Waals surface area contributed by atoms with Gasteiger partial charge in [-0.3, -0.25) is 0 Å². The lowest BCUT2D eigenvalue weighted by Crippen LogP contribution is -1.91. The van der Waals surface area contributed by atoms with E-state index in [9.17, 15) is 13.6 Å². The minimum absolute atomic E-state index is 0.163. The first-order chi connectivity index (χ1) is 8.56. The first kappa shape index (κ1) is 12.6. The number of benzene rings is 1. The van der Waals surface area contributed by atoms with Gasteiger partial charge in [-0.15, -0.1) is 0 Å². The van der Waals surface area contributed by atoms with Gasteiger partial charge < -0.3 is 9.52 Å². The molecule has 0 fully saturated rings. The number of carboxylic acids is 1. The van der Waals surface area contributed by atoms with Crippen molar-refractivity contribution in [3.63, 3.8) is 0 Å². The lowest BCUT2D eigenvalue weighted by Gasteiger charge is -2.01. The van der Waals surface area contributed by atoms with Gasteiger partial charge in [0.1, 0.15) is 11.6 Å². The molecule has 0 atom stereocenters. The Bertz CT molecular complexity index is 580. The highest BCUT2D eigenvalue weighted by Crippen LogP contribution is 2.26. The van der Waals surface area contributed by atoms with Crippen molar-refractivity contribution in [2.75, 3.05) is 0 Å². The fourth-order valence-corrected chi connectivity index (χ4v) is 2.15. The third-order valence-electron chi connectivity index (χ3n) is 2.17. The molecular formula is C12H8F2O3S. The lowest BCUT2D eigenvalue weighted by molar-refractivity contribution is 0.0656. The van der Waals surface area contributed by atoms with E-state index < -0.39 is 17.6 Å². The van der Waals surface area contributed by atoms with Crippen LogP contribution in [0.15, 0.2) is 39.8 Å². The van der Waals surface area contributed by atoms with E-state index in [-0.39, 0.29) is 17.1 Å². The molecule has 1 aromatic heterocycles. The topological polar surface area (TPSA) is 50.4 Å². The van der Waals surface area contributed by atoms with E-state index in [0.29, 0.717) is 5.09 Å². The van der Waals surface area contributed by atoms with Crippen molar-refractivity contribution in [1.29, 1.82) is 0 Å². The van der Waals surface area contributed by atoms with Crippen LogP contribution in [0.1, 0.15) is 16.1 Å².